The third-order valence-corrected chi connectivity index (χ3v) is 3.76. The van der Waals surface area contributed by atoms with Gasteiger partial charge in [0.2, 0.25) is 0 Å². The molecular formula is C15H14BrClN2O. The molecule has 0 saturated heterocycles. The lowest BCUT2D eigenvalue weighted by Crippen LogP contribution is -2.24. The van der Waals surface area contributed by atoms with Crippen LogP contribution in [0.15, 0.2) is 46.9 Å². The number of carbonyl (C=O) groups excluding carboxylic acids is 1. The van der Waals surface area contributed by atoms with Crippen LogP contribution >= 0.6 is 27.5 Å². The van der Waals surface area contributed by atoms with Gasteiger partial charge in [0.1, 0.15) is 0 Å². The number of hydrogen-bond acceptors (Lipinski definition) is 2. The molecule has 104 valence electrons. The Labute approximate surface area is 131 Å². The first-order valence-electron chi connectivity index (χ1n) is 6.12. The van der Waals surface area contributed by atoms with Crippen LogP contribution in [-0.4, -0.2) is 5.91 Å². The number of benzene rings is 2. The zero-order valence-corrected chi connectivity index (χ0v) is 13.0. The molecule has 0 aromatic heterocycles. The Morgan fingerprint density at radius 1 is 1.20 bits per heavy atom. The molecule has 2 rings (SSSR count). The molecule has 0 heterocycles. The Kier molecular flexibility index (Phi) is 5.17. The van der Waals surface area contributed by atoms with E-state index in [0.717, 1.165) is 15.6 Å². The van der Waals surface area contributed by atoms with Gasteiger partial charge in [0.15, 0.2) is 0 Å². The molecule has 0 atom stereocenters. The van der Waals surface area contributed by atoms with Crippen LogP contribution < -0.4 is 11.1 Å². The summed E-state index contributed by atoms with van der Waals surface area (Å²) in [4.78, 5) is 12.1. The van der Waals surface area contributed by atoms with Gasteiger partial charge in [-0.25, -0.2) is 0 Å². The van der Waals surface area contributed by atoms with Crippen molar-refractivity contribution in [2.45, 2.75) is 13.1 Å². The predicted molar refractivity (Wildman–Crippen MR) is 84.7 cm³/mol. The van der Waals surface area contributed by atoms with Gasteiger partial charge in [-0.2, -0.15) is 0 Å². The summed E-state index contributed by atoms with van der Waals surface area (Å²) in [6.45, 7) is 0.879. The van der Waals surface area contributed by atoms with Gasteiger partial charge in [-0.3, -0.25) is 4.79 Å². The van der Waals surface area contributed by atoms with Crippen molar-refractivity contribution in [3.05, 3.63) is 68.7 Å². The SMILES string of the molecule is NCc1ccccc1CNC(=O)c1ccc(Br)cc1Cl. The van der Waals surface area contributed by atoms with E-state index in [0.29, 0.717) is 23.7 Å². The summed E-state index contributed by atoms with van der Waals surface area (Å²) in [5.41, 5.74) is 8.16. The van der Waals surface area contributed by atoms with E-state index in [-0.39, 0.29) is 5.91 Å². The van der Waals surface area contributed by atoms with Crippen LogP contribution in [-0.2, 0) is 13.1 Å². The normalized spacial score (nSPS) is 10.3. The summed E-state index contributed by atoms with van der Waals surface area (Å²) in [5, 5.41) is 3.28. The second-order valence-electron chi connectivity index (χ2n) is 4.28. The van der Waals surface area contributed by atoms with Crippen LogP contribution in [0.4, 0.5) is 0 Å². The second-order valence-corrected chi connectivity index (χ2v) is 5.60. The lowest BCUT2D eigenvalue weighted by molar-refractivity contribution is 0.0951. The molecule has 20 heavy (non-hydrogen) atoms. The molecule has 0 unspecified atom stereocenters. The van der Waals surface area contributed by atoms with Crippen molar-refractivity contribution in [3.63, 3.8) is 0 Å². The number of hydrogen-bond donors (Lipinski definition) is 2. The van der Waals surface area contributed by atoms with E-state index in [2.05, 4.69) is 21.2 Å². The van der Waals surface area contributed by atoms with E-state index in [4.69, 9.17) is 17.3 Å². The Morgan fingerprint density at radius 2 is 1.90 bits per heavy atom. The smallest absolute Gasteiger partial charge is 0.253 e. The lowest BCUT2D eigenvalue weighted by Gasteiger charge is -2.10. The fourth-order valence-corrected chi connectivity index (χ4v) is 2.63. The molecule has 3 N–H and O–H groups in total. The Balaban J connectivity index is 2.09. The molecule has 2 aromatic rings. The number of nitrogens with one attached hydrogen (secondary N) is 1. The Bertz CT molecular complexity index is 631. The quantitative estimate of drug-likeness (QED) is 0.884. The van der Waals surface area contributed by atoms with Crippen LogP contribution in [0.3, 0.4) is 0 Å². The topological polar surface area (TPSA) is 55.1 Å². The van der Waals surface area contributed by atoms with Gasteiger partial charge in [0, 0.05) is 17.6 Å². The van der Waals surface area contributed by atoms with Crippen LogP contribution in [0.2, 0.25) is 5.02 Å². The maximum atomic E-state index is 12.1. The van der Waals surface area contributed by atoms with Crippen molar-refractivity contribution in [2.24, 2.45) is 5.73 Å². The first-order chi connectivity index (χ1) is 9.61. The third-order valence-electron chi connectivity index (χ3n) is 2.95. The highest BCUT2D eigenvalue weighted by Crippen LogP contribution is 2.21. The molecule has 0 fully saturated rings. The first kappa shape index (κ1) is 15.0. The molecular weight excluding hydrogens is 340 g/mol. The molecule has 0 radical (unpaired) electrons. The van der Waals surface area contributed by atoms with Gasteiger partial charge >= 0.3 is 0 Å². The van der Waals surface area contributed by atoms with Crippen LogP contribution in [0.1, 0.15) is 21.5 Å². The maximum Gasteiger partial charge on any atom is 0.253 e. The minimum atomic E-state index is -0.200. The first-order valence-corrected chi connectivity index (χ1v) is 7.29. The van der Waals surface area contributed by atoms with Crippen molar-refractivity contribution in [1.82, 2.24) is 5.32 Å². The van der Waals surface area contributed by atoms with Crippen LogP contribution in [0, 0.1) is 0 Å². The average Bonchev–Trinajstić information content (AvgIpc) is 2.45. The van der Waals surface area contributed by atoms with E-state index in [9.17, 15) is 4.79 Å². The van der Waals surface area contributed by atoms with E-state index >= 15 is 0 Å². The van der Waals surface area contributed by atoms with E-state index < -0.39 is 0 Å². The molecule has 2 aromatic carbocycles. The van der Waals surface area contributed by atoms with Gasteiger partial charge in [-0.15, -0.1) is 0 Å². The highest BCUT2D eigenvalue weighted by molar-refractivity contribution is 9.10. The van der Waals surface area contributed by atoms with Gasteiger partial charge < -0.3 is 11.1 Å². The molecule has 0 saturated carbocycles. The Morgan fingerprint density at radius 3 is 2.55 bits per heavy atom. The molecule has 0 bridgehead atoms. The fourth-order valence-electron chi connectivity index (χ4n) is 1.87. The van der Waals surface area contributed by atoms with Gasteiger partial charge in [-0.1, -0.05) is 51.8 Å². The van der Waals surface area contributed by atoms with Crippen molar-refractivity contribution >= 4 is 33.4 Å². The van der Waals surface area contributed by atoms with Crippen molar-refractivity contribution in [3.8, 4) is 0 Å². The average molecular weight is 354 g/mol. The van der Waals surface area contributed by atoms with E-state index in [1.165, 1.54) is 0 Å². The number of nitrogens with two attached hydrogens (primary N) is 1. The number of amides is 1. The third kappa shape index (κ3) is 3.60. The number of halogens is 2. The second kappa shape index (κ2) is 6.88. The van der Waals surface area contributed by atoms with Gasteiger partial charge in [-0.05, 0) is 29.3 Å². The molecule has 0 aliphatic heterocycles. The lowest BCUT2D eigenvalue weighted by atomic mass is 10.1. The zero-order valence-electron chi connectivity index (χ0n) is 10.7. The number of rotatable bonds is 4. The standard InChI is InChI=1S/C15H14BrClN2O/c16-12-5-6-13(14(17)7-12)15(20)19-9-11-4-2-1-3-10(11)8-18/h1-7H,8-9,18H2,(H,19,20). The molecule has 3 nitrogen and oxygen atoms in total. The minimum Gasteiger partial charge on any atom is -0.348 e. The number of carbonyl (C=O) groups is 1. The monoisotopic (exact) mass is 352 g/mol. The van der Waals surface area contributed by atoms with Gasteiger partial charge in [0.25, 0.3) is 5.91 Å². The molecule has 1 amide bonds. The molecule has 5 heteroatoms. The highest BCUT2D eigenvalue weighted by Gasteiger charge is 2.10. The van der Waals surface area contributed by atoms with Crippen molar-refractivity contribution in [1.29, 1.82) is 0 Å². The van der Waals surface area contributed by atoms with Gasteiger partial charge in [0.05, 0.1) is 10.6 Å². The largest absolute Gasteiger partial charge is 0.348 e. The van der Waals surface area contributed by atoms with Crippen LogP contribution in [0.25, 0.3) is 0 Å². The van der Waals surface area contributed by atoms with E-state index in [1.54, 1.807) is 18.2 Å². The Hall–Kier alpha value is -1.36. The van der Waals surface area contributed by atoms with Crippen molar-refractivity contribution < 1.29 is 4.79 Å². The molecule has 0 aliphatic carbocycles. The maximum absolute atomic E-state index is 12.1. The summed E-state index contributed by atoms with van der Waals surface area (Å²) in [7, 11) is 0. The fraction of sp³-hybridized carbons (Fsp3) is 0.133. The summed E-state index contributed by atoms with van der Waals surface area (Å²) in [6.07, 6.45) is 0. The summed E-state index contributed by atoms with van der Waals surface area (Å²) in [5.74, 6) is -0.200. The summed E-state index contributed by atoms with van der Waals surface area (Å²) in [6, 6.07) is 12.9. The molecule has 0 aliphatic rings. The zero-order chi connectivity index (χ0) is 14.5. The molecule has 0 spiro atoms. The van der Waals surface area contributed by atoms with Crippen molar-refractivity contribution in [2.75, 3.05) is 0 Å². The summed E-state index contributed by atoms with van der Waals surface area (Å²) < 4.78 is 0.840. The summed E-state index contributed by atoms with van der Waals surface area (Å²) >= 11 is 9.36. The minimum absolute atomic E-state index is 0.200. The predicted octanol–water partition coefficient (Wildman–Crippen LogP) is 3.49. The van der Waals surface area contributed by atoms with Crippen LogP contribution in [0.5, 0.6) is 0 Å². The van der Waals surface area contributed by atoms with E-state index in [1.807, 2.05) is 24.3 Å². The highest BCUT2D eigenvalue weighted by atomic mass is 79.9.